The Balaban J connectivity index is 1.75. The van der Waals surface area contributed by atoms with E-state index in [1.807, 2.05) is 55.5 Å². The molecule has 0 unspecified atom stereocenters. The van der Waals surface area contributed by atoms with Crippen LogP contribution in [0.1, 0.15) is 36.9 Å². The Morgan fingerprint density at radius 3 is 2.60 bits per heavy atom. The number of hydrogen-bond donors (Lipinski definition) is 0. The van der Waals surface area contributed by atoms with Gasteiger partial charge in [-0.05, 0) is 42.0 Å². The molecule has 1 aromatic heterocycles. The molecule has 0 saturated carbocycles. The Kier molecular flexibility index (Phi) is 5.59. The second-order valence-corrected chi connectivity index (χ2v) is 7.35. The van der Waals surface area contributed by atoms with Crippen molar-refractivity contribution in [2.75, 3.05) is 14.2 Å². The molecule has 3 aromatic rings. The summed E-state index contributed by atoms with van der Waals surface area (Å²) in [6.45, 7) is 1.82. The third-order valence-electron chi connectivity index (χ3n) is 5.26. The van der Waals surface area contributed by atoms with Gasteiger partial charge in [0.25, 0.3) is 0 Å². The third kappa shape index (κ3) is 3.59. The Hall–Kier alpha value is -3.12. The molecule has 1 amide bonds. The molecular weight excluding hydrogens is 402 g/mol. The van der Waals surface area contributed by atoms with Gasteiger partial charge in [-0.2, -0.15) is 5.10 Å². The van der Waals surface area contributed by atoms with Crippen molar-refractivity contribution in [1.29, 1.82) is 0 Å². The fourth-order valence-electron chi connectivity index (χ4n) is 3.67. The molecule has 6 nitrogen and oxygen atoms in total. The lowest BCUT2D eigenvalue weighted by molar-refractivity contribution is -0.132. The molecule has 1 aliphatic heterocycles. The third-order valence-corrected chi connectivity index (χ3v) is 5.56. The minimum Gasteiger partial charge on any atom is -0.497 e. The van der Waals surface area contributed by atoms with Gasteiger partial charge >= 0.3 is 0 Å². The van der Waals surface area contributed by atoms with Crippen LogP contribution >= 0.6 is 11.6 Å². The summed E-state index contributed by atoms with van der Waals surface area (Å²) in [7, 11) is 3.23. The lowest BCUT2D eigenvalue weighted by Crippen LogP contribution is -2.26. The second-order valence-electron chi connectivity index (χ2n) is 6.99. The van der Waals surface area contributed by atoms with Crippen LogP contribution in [0.2, 0.25) is 5.15 Å². The molecule has 7 heteroatoms. The van der Waals surface area contributed by atoms with Crippen molar-refractivity contribution in [2.45, 2.75) is 25.8 Å². The summed E-state index contributed by atoms with van der Waals surface area (Å²) in [5.41, 5.74) is 3.23. The molecule has 1 atom stereocenters. The van der Waals surface area contributed by atoms with E-state index in [1.165, 1.54) is 5.01 Å². The maximum atomic E-state index is 12.7. The highest BCUT2D eigenvalue weighted by atomic mass is 35.5. The van der Waals surface area contributed by atoms with Crippen molar-refractivity contribution in [3.05, 3.63) is 64.8 Å². The number of methoxy groups -OCH3 is 2. The van der Waals surface area contributed by atoms with Gasteiger partial charge in [-0.15, -0.1) is 0 Å². The number of hydrazone groups is 1. The number of carbonyl (C=O) groups excluding carboxylic acids is 1. The summed E-state index contributed by atoms with van der Waals surface area (Å²) >= 11 is 6.59. The Morgan fingerprint density at radius 1 is 1.17 bits per heavy atom. The number of rotatable bonds is 5. The van der Waals surface area contributed by atoms with E-state index in [9.17, 15) is 4.79 Å². The maximum Gasteiger partial charge on any atom is 0.242 e. The standard InChI is InChI=1S/C23H22ClN3O3/c1-4-21(28)27-19(13-18(26-27)14-8-10-16(29-2)11-9-14)17-12-15-6-5-7-20(30-3)22(15)25-23(17)24/h5-12,19H,4,13H2,1-3H3/t19-/m0/s1. The zero-order valence-corrected chi connectivity index (χ0v) is 17.8. The van der Waals surface area contributed by atoms with Crippen LogP contribution in [0, 0.1) is 0 Å². The van der Waals surface area contributed by atoms with Gasteiger partial charge in [-0.25, -0.2) is 9.99 Å². The molecule has 2 heterocycles. The molecule has 154 valence electrons. The molecule has 1 aliphatic rings. The number of para-hydroxylation sites is 1. The summed E-state index contributed by atoms with van der Waals surface area (Å²) in [4.78, 5) is 17.2. The van der Waals surface area contributed by atoms with Crippen LogP contribution in [-0.4, -0.2) is 35.8 Å². The summed E-state index contributed by atoms with van der Waals surface area (Å²) in [5, 5.41) is 7.43. The minimum absolute atomic E-state index is 0.0645. The Bertz CT molecular complexity index is 1130. The van der Waals surface area contributed by atoms with Crippen LogP contribution < -0.4 is 9.47 Å². The summed E-state index contributed by atoms with van der Waals surface area (Å²) in [5.74, 6) is 1.36. The maximum absolute atomic E-state index is 12.7. The SMILES string of the molecule is CCC(=O)N1N=C(c2ccc(OC)cc2)C[C@H]1c1cc2cccc(OC)c2nc1Cl. The smallest absolute Gasteiger partial charge is 0.242 e. The first-order chi connectivity index (χ1) is 14.5. The van der Waals surface area contributed by atoms with Gasteiger partial charge in [0.1, 0.15) is 22.2 Å². The van der Waals surface area contributed by atoms with E-state index >= 15 is 0 Å². The van der Waals surface area contributed by atoms with Crippen molar-refractivity contribution in [3.8, 4) is 11.5 Å². The molecule has 0 N–H and O–H groups in total. The number of amides is 1. The monoisotopic (exact) mass is 423 g/mol. The fourth-order valence-corrected chi connectivity index (χ4v) is 3.93. The number of aromatic nitrogens is 1. The van der Waals surface area contributed by atoms with Crippen LogP contribution in [0.15, 0.2) is 53.6 Å². The van der Waals surface area contributed by atoms with Gasteiger partial charge in [-0.3, -0.25) is 4.79 Å². The molecule has 4 rings (SSSR count). The van der Waals surface area contributed by atoms with E-state index in [-0.39, 0.29) is 11.9 Å². The predicted octanol–water partition coefficient (Wildman–Crippen LogP) is 4.99. The lowest BCUT2D eigenvalue weighted by atomic mass is 9.98. The number of carbonyl (C=O) groups is 1. The van der Waals surface area contributed by atoms with Crippen molar-refractivity contribution in [2.24, 2.45) is 5.10 Å². The van der Waals surface area contributed by atoms with Crippen LogP contribution in [0.25, 0.3) is 10.9 Å². The lowest BCUT2D eigenvalue weighted by Gasteiger charge is -2.22. The average molecular weight is 424 g/mol. The largest absolute Gasteiger partial charge is 0.497 e. The first kappa shape index (κ1) is 20.2. The van der Waals surface area contributed by atoms with Gasteiger partial charge in [0.2, 0.25) is 5.91 Å². The van der Waals surface area contributed by atoms with Gasteiger partial charge in [0.15, 0.2) is 0 Å². The average Bonchev–Trinajstić information content (AvgIpc) is 3.23. The van der Waals surface area contributed by atoms with E-state index < -0.39 is 0 Å². The molecule has 30 heavy (non-hydrogen) atoms. The molecule has 0 saturated heterocycles. The first-order valence-electron chi connectivity index (χ1n) is 9.72. The van der Waals surface area contributed by atoms with Gasteiger partial charge < -0.3 is 9.47 Å². The van der Waals surface area contributed by atoms with Crippen LogP contribution in [0.4, 0.5) is 0 Å². The number of ether oxygens (including phenoxy) is 2. The quantitative estimate of drug-likeness (QED) is 0.542. The van der Waals surface area contributed by atoms with Gasteiger partial charge in [-0.1, -0.05) is 30.7 Å². The van der Waals surface area contributed by atoms with E-state index in [2.05, 4.69) is 10.1 Å². The second kappa shape index (κ2) is 8.32. The van der Waals surface area contributed by atoms with Gasteiger partial charge in [0.05, 0.1) is 26.0 Å². The van der Waals surface area contributed by atoms with E-state index in [4.69, 9.17) is 21.1 Å². The zero-order valence-electron chi connectivity index (χ0n) is 17.1. The number of halogens is 1. The van der Waals surface area contributed by atoms with Gasteiger partial charge in [0, 0.05) is 23.8 Å². The van der Waals surface area contributed by atoms with E-state index in [1.54, 1.807) is 14.2 Å². The van der Waals surface area contributed by atoms with Crippen molar-refractivity contribution in [1.82, 2.24) is 9.99 Å². The summed E-state index contributed by atoms with van der Waals surface area (Å²) in [6, 6.07) is 15.0. The van der Waals surface area contributed by atoms with Crippen molar-refractivity contribution < 1.29 is 14.3 Å². The number of hydrogen-bond acceptors (Lipinski definition) is 5. The fraction of sp³-hybridized carbons (Fsp3) is 0.261. The highest BCUT2D eigenvalue weighted by Gasteiger charge is 2.34. The zero-order chi connectivity index (χ0) is 21.3. The molecule has 0 bridgehead atoms. The number of pyridine rings is 1. The molecule has 0 spiro atoms. The van der Waals surface area contributed by atoms with Crippen LogP contribution in [0.5, 0.6) is 11.5 Å². The molecule has 0 aliphatic carbocycles. The predicted molar refractivity (Wildman–Crippen MR) is 117 cm³/mol. The Labute approximate surface area is 180 Å². The Morgan fingerprint density at radius 2 is 1.93 bits per heavy atom. The van der Waals surface area contributed by atoms with E-state index in [0.29, 0.717) is 29.3 Å². The van der Waals surface area contributed by atoms with Crippen LogP contribution in [-0.2, 0) is 4.79 Å². The minimum atomic E-state index is -0.315. The number of benzene rings is 2. The highest BCUT2D eigenvalue weighted by molar-refractivity contribution is 6.30. The topological polar surface area (TPSA) is 64.0 Å². The number of nitrogens with zero attached hydrogens (tertiary/aromatic N) is 3. The highest BCUT2D eigenvalue weighted by Crippen LogP contribution is 2.38. The van der Waals surface area contributed by atoms with Crippen molar-refractivity contribution in [3.63, 3.8) is 0 Å². The van der Waals surface area contributed by atoms with E-state index in [0.717, 1.165) is 28.0 Å². The molecule has 0 fully saturated rings. The summed E-state index contributed by atoms with van der Waals surface area (Å²) in [6.07, 6.45) is 0.900. The summed E-state index contributed by atoms with van der Waals surface area (Å²) < 4.78 is 10.6. The molecule has 2 aromatic carbocycles. The first-order valence-corrected chi connectivity index (χ1v) is 10.1. The molecular formula is C23H22ClN3O3. The van der Waals surface area contributed by atoms with Crippen molar-refractivity contribution >= 4 is 34.1 Å². The van der Waals surface area contributed by atoms with Crippen LogP contribution in [0.3, 0.4) is 0 Å². The molecule has 0 radical (unpaired) electrons. The normalized spacial score (nSPS) is 15.9. The number of fused-ring (bicyclic) bond motifs is 1.